The number of aromatic hydroxyl groups is 1. The van der Waals surface area contributed by atoms with Crippen molar-refractivity contribution in [3.63, 3.8) is 0 Å². The molecule has 1 atom stereocenters. The number of nitrogens with one attached hydrogen (secondary N) is 5. The maximum Gasteiger partial charge on any atom is 0.339 e. The lowest BCUT2D eigenvalue weighted by atomic mass is 10.2. The molecule has 3 aromatic rings. The number of amidine groups is 2. The molecule has 0 saturated carbocycles. The number of amides is 3. The van der Waals surface area contributed by atoms with Gasteiger partial charge in [-0.15, -0.1) is 0 Å². The summed E-state index contributed by atoms with van der Waals surface area (Å²) < 4.78 is 1.58. The topological polar surface area (TPSA) is 254 Å². The summed E-state index contributed by atoms with van der Waals surface area (Å²) in [6.45, 7) is 0.247. The summed E-state index contributed by atoms with van der Waals surface area (Å²) in [4.78, 5) is 54.1. The minimum atomic E-state index is -1.11. The van der Waals surface area contributed by atoms with Crippen molar-refractivity contribution in [3.05, 3.63) is 65.7 Å². The molecule has 216 valence electrons. The number of hydrogen-bond acceptors (Lipinski definition) is 8. The fourth-order valence-electron chi connectivity index (χ4n) is 3.74. The average molecular weight is 566 g/mol. The quantitative estimate of drug-likeness (QED) is 0.134. The van der Waals surface area contributed by atoms with Crippen molar-refractivity contribution >= 4 is 46.7 Å². The van der Waals surface area contributed by atoms with E-state index in [0.717, 1.165) is 0 Å². The Kier molecular flexibility index (Phi) is 9.83. The third-order valence-electron chi connectivity index (χ3n) is 5.80. The number of hydrogen-bond donors (Lipinski definition) is 9. The Morgan fingerprint density at radius 2 is 1.88 bits per heavy atom. The molecular formula is C26H31N9O6. The first-order chi connectivity index (χ1) is 19.4. The summed E-state index contributed by atoms with van der Waals surface area (Å²) >= 11 is 0. The van der Waals surface area contributed by atoms with Gasteiger partial charge in [-0.25, -0.2) is 4.79 Å². The van der Waals surface area contributed by atoms with E-state index in [9.17, 15) is 19.2 Å². The number of H-pyrrole nitrogens is 1. The number of nitrogens with two attached hydrogens (primary N) is 2. The molecule has 1 aliphatic rings. The van der Waals surface area contributed by atoms with E-state index >= 15 is 0 Å². The number of aromatic carboxylic acids is 1. The van der Waals surface area contributed by atoms with E-state index in [1.807, 2.05) is 0 Å². The van der Waals surface area contributed by atoms with Crippen LogP contribution in [0.25, 0.3) is 0 Å². The fourth-order valence-corrected chi connectivity index (χ4v) is 3.74. The van der Waals surface area contributed by atoms with Gasteiger partial charge in [0.05, 0.1) is 23.0 Å². The lowest BCUT2D eigenvalue weighted by Gasteiger charge is -2.06. The highest BCUT2D eigenvalue weighted by Crippen LogP contribution is 2.18. The van der Waals surface area contributed by atoms with Crippen LogP contribution in [0.15, 0.2) is 53.8 Å². The molecule has 1 aliphatic heterocycles. The molecule has 3 heterocycles. The number of rotatable bonds is 9. The summed E-state index contributed by atoms with van der Waals surface area (Å²) in [5.41, 5.74) is 12.3. The van der Waals surface area contributed by atoms with E-state index in [-0.39, 0.29) is 47.6 Å². The number of carboxylic acids is 1. The Labute approximate surface area is 234 Å². The third kappa shape index (κ3) is 8.44. The van der Waals surface area contributed by atoms with E-state index in [2.05, 4.69) is 25.9 Å². The van der Waals surface area contributed by atoms with Gasteiger partial charge in [0.25, 0.3) is 11.8 Å². The second-order valence-electron chi connectivity index (χ2n) is 9.00. The molecule has 0 radical (unpaired) electrons. The number of nitrogens with zero attached hydrogens (tertiary/aromatic N) is 2. The molecule has 0 fully saturated rings. The second kappa shape index (κ2) is 13.5. The molecule has 0 aliphatic carbocycles. The monoisotopic (exact) mass is 565 g/mol. The zero-order valence-electron chi connectivity index (χ0n) is 22.1. The standard InChI is InChI=1S/C19H25N9O3.C7H6O3/c1-28-9-11(7-14(28)19(31)23-5-4-15(20)21)26-18(30)13-6-10(8-24-13)25-17(29)12-2-3-16(22)27-12;8-6-4-2-1-3-5(6)7(9)10/h6-9,12,24H,2-5H2,1H3,(H3,20,21)(H2,22,27)(H,23,31)(H,25,29)(H,26,30);1-4,8H,(H,9,10)/t12-;/m0./s1. The van der Waals surface area contributed by atoms with Crippen LogP contribution in [-0.2, 0) is 11.8 Å². The summed E-state index contributed by atoms with van der Waals surface area (Å²) in [6, 6.07) is 8.34. The molecule has 3 amide bonds. The Morgan fingerprint density at radius 3 is 2.49 bits per heavy atom. The smallest absolute Gasteiger partial charge is 0.339 e. The van der Waals surface area contributed by atoms with Crippen molar-refractivity contribution in [1.82, 2.24) is 14.9 Å². The van der Waals surface area contributed by atoms with Gasteiger partial charge in [-0.2, -0.15) is 0 Å². The van der Waals surface area contributed by atoms with Crippen LogP contribution in [0.4, 0.5) is 11.4 Å². The van der Waals surface area contributed by atoms with Gasteiger partial charge in [0.2, 0.25) is 5.91 Å². The highest BCUT2D eigenvalue weighted by molar-refractivity contribution is 6.05. The number of carbonyl (C=O) groups excluding carboxylic acids is 3. The molecular weight excluding hydrogens is 534 g/mol. The zero-order valence-corrected chi connectivity index (χ0v) is 22.1. The molecule has 4 rings (SSSR count). The summed E-state index contributed by atoms with van der Waals surface area (Å²) in [6.07, 6.45) is 4.52. The van der Waals surface area contributed by atoms with Gasteiger partial charge in [-0.05, 0) is 30.7 Å². The minimum absolute atomic E-state index is 0.0123. The number of aromatic amines is 1. The third-order valence-corrected chi connectivity index (χ3v) is 5.80. The summed E-state index contributed by atoms with van der Waals surface area (Å²) in [5, 5.41) is 32.5. The molecule has 15 heteroatoms. The first kappa shape index (κ1) is 29.9. The van der Waals surface area contributed by atoms with Crippen molar-refractivity contribution in [3.8, 4) is 5.75 Å². The fraction of sp³-hybridized carbons (Fsp3) is 0.231. The molecule has 0 bridgehead atoms. The number of phenols is 1. The van der Waals surface area contributed by atoms with Crippen LogP contribution in [0.2, 0.25) is 0 Å². The van der Waals surface area contributed by atoms with Gasteiger partial charge in [0.1, 0.15) is 28.7 Å². The largest absolute Gasteiger partial charge is 0.507 e. The molecule has 0 saturated heterocycles. The Morgan fingerprint density at radius 1 is 1.15 bits per heavy atom. The van der Waals surface area contributed by atoms with E-state index in [4.69, 9.17) is 27.1 Å². The highest BCUT2D eigenvalue weighted by Gasteiger charge is 2.23. The van der Waals surface area contributed by atoms with Crippen molar-refractivity contribution < 1.29 is 29.4 Å². The SMILES string of the molecule is Cn1cc(NC(=O)c2cc(NC(=O)[C@@H]3CCC(N)=N3)c[nH]2)cc1C(=O)NCCC(=N)N.O=C(O)c1ccccc1O. The number of carboxylic acid groups (broad SMARTS) is 1. The van der Waals surface area contributed by atoms with E-state index in [1.165, 1.54) is 30.5 Å². The average Bonchev–Trinajstić information content (AvgIpc) is 3.64. The molecule has 0 spiro atoms. The van der Waals surface area contributed by atoms with Crippen LogP contribution in [0.1, 0.15) is 50.6 Å². The van der Waals surface area contributed by atoms with Crippen LogP contribution in [0.3, 0.4) is 0 Å². The first-order valence-corrected chi connectivity index (χ1v) is 12.4. The lowest BCUT2D eigenvalue weighted by molar-refractivity contribution is -0.117. The van der Waals surface area contributed by atoms with Crippen LogP contribution in [-0.4, -0.2) is 67.7 Å². The Hall–Kier alpha value is -5.60. The van der Waals surface area contributed by atoms with Gasteiger partial charge in [-0.3, -0.25) is 24.8 Å². The molecule has 1 aromatic carbocycles. The Balaban J connectivity index is 0.000000389. The van der Waals surface area contributed by atoms with Crippen molar-refractivity contribution in [2.45, 2.75) is 25.3 Å². The molecule has 0 unspecified atom stereocenters. The molecule has 2 aromatic heterocycles. The van der Waals surface area contributed by atoms with Gasteiger partial charge < -0.3 is 47.2 Å². The van der Waals surface area contributed by atoms with E-state index in [0.29, 0.717) is 35.7 Å². The second-order valence-corrected chi connectivity index (χ2v) is 9.00. The van der Waals surface area contributed by atoms with Gasteiger partial charge in [0.15, 0.2) is 0 Å². The molecule has 41 heavy (non-hydrogen) atoms. The van der Waals surface area contributed by atoms with Crippen LogP contribution >= 0.6 is 0 Å². The lowest BCUT2D eigenvalue weighted by Crippen LogP contribution is -2.28. The van der Waals surface area contributed by atoms with Crippen molar-refractivity contribution in [2.24, 2.45) is 23.5 Å². The van der Waals surface area contributed by atoms with E-state index < -0.39 is 17.9 Å². The summed E-state index contributed by atoms with van der Waals surface area (Å²) in [7, 11) is 1.68. The number of para-hydroxylation sites is 1. The number of aryl methyl sites for hydroxylation is 1. The molecule has 15 nitrogen and oxygen atoms in total. The Bertz CT molecular complexity index is 1490. The predicted molar refractivity (Wildman–Crippen MR) is 151 cm³/mol. The van der Waals surface area contributed by atoms with Crippen LogP contribution in [0.5, 0.6) is 5.75 Å². The van der Waals surface area contributed by atoms with Gasteiger partial charge >= 0.3 is 5.97 Å². The minimum Gasteiger partial charge on any atom is -0.507 e. The maximum atomic E-state index is 12.5. The van der Waals surface area contributed by atoms with Gasteiger partial charge in [-0.1, -0.05) is 12.1 Å². The number of carbonyl (C=O) groups is 4. The number of anilines is 2. The normalized spacial score (nSPS) is 13.8. The van der Waals surface area contributed by atoms with Crippen molar-refractivity contribution in [2.75, 3.05) is 17.2 Å². The number of aliphatic imine (C=N–C) groups is 1. The summed E-state index contributed by atoms with van der Waals surface area (Å²) in [5.74, 6) is -1.92. The molecule has 11 N–H and O–H groups in total. The highest BCUT2D eigenvalue weighted by atomic mass is 16.4. The first-order valence-electron chi connectivity index (χ1n) is 12.4. The van der Waals surface area contributed by atoms with Gasteiger partial charge in [0, 0.05) is 38.8 Å². The predicted octanol–water partition coefficient (Wildman–Crippen LogP) is 1.21. The zero-order chi connectivity index (χ0) is 30.1. The maximum absolute atomic E-state index is 12.5. The number of aromatic nitrogens is 2. The van der Waals surface area contributed by atoms with E-state index in [1.54, 1.807) is 29.9 Å². The van der Waals surface area contributed by atoms with Crippen LogP contribution in [0, 0.1) is 5.41 Å². The van der Waals surface area contributed by atoms with Crippen molar-refractivity contribution in [1.29, 1.82) is 5.41 Å². The number of benzene rings is 1. The van der Waals surface area contributed by atoms with Crippen LogP contribution < -0.4 is 27.4 Å².